The van der Waals surface area contributed by atoms with Gasteiger partial charge in [0.1, 0.15) is 10.8 Å². The van der Waals surface area contributed by atoms with Crippen LogP contribution in [0.5, 0.6) is 0 Å². The maximum absolute atomic E-state index is 12.4. The molecule has 0 saturated carbocycles. The topological polar surface area (TPSA) is 51.8 Å². The Balaban J connectivity index is 2.47. The Morgan fingerprint density at radius 2 is 2.06 bits per heavy atom. The summed E-state index contributed by atoms with van der Waals surface area (Å²) in [6, 6.07) is 1.52. The Labute approximate surface area is 99.1 Å². The van der Waals surface area contributed by atoms with E-state index in [1.54, 1.807) is 6.92 Å². The van der Waals surface area contributed by atoms with Crippen molar-refractivity contribution in [2.45, 2.75) is 13.1 Å². The average Bonchev–Trinajstić information content (AvgIpc) is 2.70. The second-order valence-corrected chi connectivity index (χ2v) is 4.32. The van der Waals surface area contributed by atoms with Crippen molar-refractivity contribution in [3.63, 3.8) is 0 Å². The minimum Gasteiger partial charge on any atom is -0.384 e. The van der Waals surface area contributed by atoms with Crippen LogP contribution in [0.15, 0.2) is 17.6 Å². The van der Waals surface area contributed by atoms with Gasteiger partial charge in [0, 0.05) is 17.1 Å². The molecule has 0 bridgehead atoms. The maximum atomic E-state index is 12.4. The van der Waals surface area contributed by atoms with E-state index in [0.29, 0.717) is 10.6 Å². The van der Waals surface area contributed by atoms with Gasteiger partial charge in [-0.05, 0) is 18.6 Å². The van der Waals surface area contributed by atoms with Crippen molar-refractivity contribution in [1.82, 2.24) is 9.97 Å². The summed E-state index contributed by atoms with van der Waals surface area (Å²) in [5, 5.41) is 1.29. The summed E-state index contributed by atoms with van der Waals surface area (Å²) in [5.74, 6) is 0.259. The van der Waals surface area contributed by atoms with Gasteiger partial charge in [0.2, 0.25) is 0 Å². The predicted molar refractivity (Wildman–Crippen MR) is 59.5 cm³/mol. The molecule has 2 aromatic heterocycles. The highest BCUT2D eigenvalue weighted by Gasteiger charge is 2.33. The van der Waals surface area contributed by atoms with Crippen LogP contribution in [0.4, 0.5) is 19.0 Å². The molecule has 2 rings (SSSR count). The van der Waals surface area contributed by atoms with Crippen LogP contribution >= 0.6 is 11.3 Å². The van der Waals surface area contributed by atoms with Gasteiger partial charge in [0.05, 0.1) is 0 Å². The molecule has 90 valence electrons. The molecule has 3 nitrogen and oxygen atoms in total. The van der Waals surface area contributed by atoms with Crippen molar-refractivity contribution in [1.29, 1.82) is 0 Å². The zero-order valence-electron chi connectivity index (χ0n) is 8.75. The summed E-state index contributed by atoms with van der Waals surface area (Å²) < 4.78 is 37.2. The number of rotatable bonds is 1. The molecule has 2 heterocycles. The third kappa shape index (κ3) is 2.38. The number of nitrogens with two attached hydrogens (primary N) is 1. The summed E-state index contributed by atoms with van der Waals surface area (Å²) in [6.45, 7) is 1.75. The highest BCUT2D eigenvalue weighted by Crippen LogP contribution is 2.34. The molecule has 2 aromatic rings. The van der Waals surface area contributed by atoms with Crippen molar-refractivity contribution >= 4 is 17.2 Å². The van der Waals surface area contributed by atoms with Crippen molar-refractivity contribution < 1.29 is 13.2 Å². The van der Waals surface area contributed by atoms with Crippen molar-refractivity contribution in [2.24, 2.45) is 0 Å². The first-order valence-corrected chi connectivity index (χ1v) is 5.51. The molecule has 2 N–H and O–H groups in total. The van der Waals surface area contributed by atoms with E-state index < -0.39 is 11.9 Å². The number of alkyl halides is 3. The Morgan fingerprint density at radius 1 is 1.35 bits per heavy atom. The van der Waals surface area contributed by atoms with Gasteiger partial charge >= 0.3 is 6.18 Å². The lowest BCUT2D eigenvalue weighted by molar-refractivity contribution is -0.140. The maximum Gasteiger partial charge on any atom is 0.434 e. The van der Waals surface area contributed by atoms with Gasteiger partial charge in [-0.15, -0.1) is 11.3 Å². The molecule has 0 spiro atoms. The SMILES string of the molecule is Cc1cnc(N)cc1-c1nc(C(F)(F)F)cs1. The van der Waals surface area contributed by atoms with Crippen LogP contribution in [-0.2, 0) is 6.18 Å². The Hall–Kier alpha value is -1.63. The number of nitrogens with zero attached hydrogens (tertiary/aromatic N) is 2. The van der Waals surface area contributed by atoms with Gasteiger partial charge in [-0.2, -0.15) is 13.2 Å². The highest BCUT2D eigenvalue weighted by molar-refractivity contribution is 7.13. The van der Waals surface area contributed by atoms with Gasteiger partial charge in [-0.1, -0.05) is 0 Å². The lowest BCUT2D eigenvalue weighted by Crippen LogP contribution is -2.05. The highest BCUT2D eigenvalue weighted by atomic mass is 32.1. The number of halogens is 3. The second kappa shape index (κ2) is 3.99. The predicted octanol–water partition coefficient (Wildman–Crippen LogP) is 3.11. The molecule has 0 fully saturated rings. The molecule has 0 saturated heterocycles. The standard InChI is InChI=1S/C10H8F3N3S/c1-5-3-15-8(14)2-6(5)9-16-7(4-17-9)10(11,12)13/h2-4H,1H3,(H2,14,15). The smallest absolute Gasteiger partial charge is 0.384 e. The van der Waals surface area contributed by atoms with E-state index in [1.807, 2.05) is 0 Å². The minimum absolute atomic E-state index is 0.259. The lowest BCUT2D eigenvalue weighted by atomic mass is 10.1. The van der Waals surface area contributed by atoms with E-state index in [0.717, 1.165) is 22.3 Å². The molecular formula is C10H8F3N3S. The van der Waals surface area contributed by atoms with E-state index in [9.17, 15) is 13.2 Å². The number of pyridine rings is 1. The normalized spacial score (nSPS) is 11.8. The number of aromatic nitrogens is 2. The molecule has 0 atom stereocenters. The Morgan fingerprint density at radius 3 is 2.65 bits per heavy atom. The zero-order chi connectivity index (χ0) is 12.6. The molecule has 0 aromatic carbocycles. The number of hydrogen-bond donors (Lipinski definition) is 1. The lowest BCUT2D eigenvalue weighted by Gasteiger charge is -2.03. The number of anilines is 1. The van der Waals surface area contributed by atoms with Gasteiger partial charge in [-0.25, -0.2) is 9.97 Å². The Kier molecular flexibility index (Phi) is 2.78. The zero-order valence-corrected chi connectivity index (χ0v) is 9.56. The third-order valence-corrected chi connectivity index (χ3v) is 3.02. The molecular weight excluding hydrogens is 251 g/mol. The van der Waals surface area contributed by atoms with Crippen LogP contribution < -0.4 is 5.73 Å². The molecule has 0 aliphatic carbocycles. The molecule has 0 amide bonds. The van der Waals surface area contributed by atoms with Crippen molar-refractivity contribution in [3.05, 3.63) is 28.9 Å². The van der Waals surface area contributed by atoms with Crippen LogP contribution in [0.3, 0.4) is 0 Å². The average molecular weight is 259 g/mol. The van der Waals surface area contributed by atoms with Crippen molar-refractivity contribution in [3.8, 4) is 10.6 Å². The Bertz CT molecular complexity index is 548. The van der Waals surface area contributed by atoms with Gasteiger partial charge in [0.25, 0.3) is 0 Å². The monoisotopic (exact) mass is 259 g/mol. The van der Waals surface area contributed by atoms with Crippen LogP contribution in [0.2, 0.25) is 0 Å². The largest absolute Gasteiger partial charge is 0.434 e. The first-order valence-electron chi connectivity index (χ1n) is 4.63. The molecule has 0 unspecified atom stereocenters. The number of aryl methyl sites for hydroxylation is 1. The molecule has 7 heteroatoms. The van der Waals surface area contributed by atoms with Crippen LogP contribution in [-0.4, -0.2) is 9.97 Å². The fourth-order valence-corrected chi connectivity index (χ4v) is 2.21. The van der Waals surface area contributed by atoms with Gasteiger partial charge in [-0.3, -0.25) is 0 Å². The fraction of sp³-hybridized carbons (Fsp3) is 0.200. The number of thiazole rings is 1. The van der Waals surface area contributed by atoms with Crippen LogP contribution in [0, 0.1) is 6.92 Å². The second-order valence-electron chi connectivity index (χ2n) is 3.46. The van der Waals surface area contributed by atoms with Crippen molar-refractivity contribution in [2.75, 3.05) is 5.73 Å². The molecule has 0 aliphatic heterocycles. The van der Waals surface area contributed by atoms with E-state index >= 15 is 0 Å². The van der Waals surface area contributed by atoms with Gasteiger partial charge < -0.3 is 5.73 Å². The summed E-state index contributed by atoms with van der Waals surface area (Å²) >= 11 is 0.938. The molecule has 17 heavy (non-hydrogen) atoms. The van der Waals surface area contributed by atoms with Gasteiger partial charge in [0.15, 0.2) is 5.69 Å². The summed E-state index contributed by atoms with van der Waals surface area (Å²) in [5.41, 5.74) is 5.94. The fourth-order valence-electron chi connectivity index (χ4n) is 1.30. The quantitative estimate of drug-likeness (QED) is 0.856. The first-order chi connectivity index (χ1) is 7.88. The van der Waals surface area contributed by atoms with E-state index in [-0.39, 0.29) is 5.82 Å². The first kappa shape index (κ1) is 11.8. The molecule has 0 aliphatic rings. The third-order valence-electron chi connectivity index (χ3n) is 2.15. The van der Waals surface area contributed by atoms with Crippen LogP contribution in [0.25, 0.3) is 10.6 Å². The van der Waals surface area contributed by atoms with E-state index in [2.05, 4.69) is 9.97 Å². The summed E-state index contributed by atoms with van der Waals surface area (Å²) in [6.07, 6.45) is -2.90. The van der Waals surface area contributed by atoms with E-state index in [1.165, 1.54) is 12.3 Å². The number of hydrogen-bond acceptors (Lipinski definition) is 4. The minimum atomic E-state index is -4.42. The van der Waals surface area contributed by atoms with E-state index in [4.69, 9.17) is 5.73 Å². The summed E-state index contributed by atoms with van der Waals surface area (Å²) in [7, 11) is 0. The molecule has 0 radical (unpaired) electrons. The number of nitrogen functional groups attached to an aromatic ring is 1. The summed E-state index contributed by atoms with van der Waals surface area (Å²) in [4.78, 5) is 7.42. The van der Waals surface area contributed by atoms with Crippen LogP contribution in [0.1, 0.15) is 11.3 Å².